The Hall–Kier alpha value is -1.42. The lowest BCUT2D eigenvalue weighted by atomic mass is 9.97. The van der Waals surface area contributed by atoms with Crippen LogP contribution in [0.3, 0.4) is 0 Å². The second-order valence-corrected chi connectivity index (χ2v) is 4.80. The van der Waals surface area contributed by atoms with Crippen molar-refractivity contribution in [3.63, 3.8) is 0 Å². The Morgan fingerprint density at radius 1 is 1.17 bits per heavy atom. The molecule has 2 atom stereocenters. The number of hydrogen-bond donors (Lipinski definition) is 2. The fourth-order valence-electron chi connectivity index (χ4n) is 2.68. The van der Waals surface area contributed by atoms with E-state index >= 15 is 0 Å². The van der Waals surface area contributed by atoms with Gasteiger partial charge in [0.25, 0.3) is 0 Å². The third kappa shape index (κ3) is 2.12. The molecule has 0 aliphatic carbocycles. The Bertz CT molecular complexity index is 535. The summed E-state index contributed by atoms with van der Waals surface area (Å²) in [5, 5.41) is 2.50. The molecule has 1 heterocycles. The summed E-state index contributed by atoms with van der Waals surface area (Å²) in [7, 11) is 0. The van der Waals surface area contributed by atoms with Crippen molar-refractivity contribution >= 4 is 10.8 Å². The molecular weight excluding hydrogens is 224 g/mol. The van der Waals surface area contributed by atoms with E-state index in [0.717, 1.165) is 19.4 Å². The lowest BCUT2D eigenvalue weighted by Crippen LogP contribution is -2.36. The van der Waals surface area contributed by atoms with E-state index in [1.54, 1.807) is 0 Å². The van der Waals surface area contributed by atoms with E-state index in [-0.39, 0.29) is 12.1 Å². The second-order valence-electron chi connectivity index (χ2n) is 4.80. The molecule has 0 saturated carbocycles. The predicted molar refractivity (Wildman–Crippen MR) is 73.0 cm³/mol. The van der Waals surface area contributed by atoms with Gasteiger partial charge in [0.2, 0.25) is 0 Å². The molecule has 1 aliphatic heterocycles. The molecule has 0 aromatic heterocycles. The molecule has 3 nitrogen and oxygen atoms in total. The molecule has 0 amide bonds. The summed E-state index contributed by atoms with van der Waals surface area (Å²) in [6, 6.07) is 14.9. The van der Waals surface area contributed by atoms with Crippen molar-refractivity contribution in [1.29, 1.82) is 0 Å². The number of rotatable bonds is 3. The lowest BCUT2D eigenvalue weighted by Gasteiger charge is -2.22. The first kappa shape index (κ1) is 11.7. The molecule has 2 aromatic rings. The molecule has 0 spiro atoms. The van der Waals surface area contributed by atoms with Crippen LogP contribution in [0.2, 0.25) is 0 Å². The maximum atomic E-state index is 5.73. The first-order valence-electron chi connectivity index (χ1n) is 6.45. The lowest BCUT2D eigenvalue weighted by molar-refractivity contribution is 0.0784. The molecule has 1 saturated heterocycles. The van der Waals surface area contributed by atoms with Gasteiger partial charge < -0.3 is 4.74 Å². The average Bonchev–Trinajstić information content (AvgIpc) is 2.93. The van der Waals surface area contributed by atoms with Gasteiger partial charge in [-0.3, -0.25) is 11.3 Å². The minimum absolute atomic E-state index is 0.0807. The molecule has 1 aliphatic rings. The first-order valence-corrected chi connectivity index (χ1v) is 6.45. The van der Waals surface area contributed by atoms with E-state index < -0.39 is 0 Å². The van der Waals surface area contributed by atoms with Crippen LogP contribution in [0.4, 0.5) is 0 Å². The standard InChI is InChI=1S/C15H18N2O/c16-17-15(14-6-3-9-18-14)13-8-7-11-4-1-2-5-12(11)10-13/h1-2,4-5,7-8,10,14-15,17H,3,6,9,16H2. The van der Waals surface area contributed by atoms with Gasteiger partial charge in [-0.05, 0) is 35.2 Å². The van der Waals surface area contributed by atoms with E-state index in [2.05, 4.69) is 47.9 Å². The summed E-state index contributed by atoms with van der Waals surface area (Å²) < 4.78 is 5.73. The molecule has 2 aromatic carbocycles. The highest BCUT2D eigenvalue weighted by atomic mass is 16.5. The fraction of sp³-hybridized carbons (Fsp3) is 0.333. The molecule has 3 rings (SSSR count). The SMILES string of the molecule is NNC(c1ccc2ccccc2c1)C1CCCO1. The zero-order valence-corrected chi connectivity index (χ0v) is 10.3. The number of hydrazine groups is 1. The van der Waals surface area contributed by atoms with Gasteiger partial charge in [-0.25, -0.2) is 0 Å². The van der Waals surface area contributed by atoms with Crippen LogP contribution < -0.4 is 11.3 Å². The summed E-state index contributed by atoms with van der Waals surface area (Å²) in [6.45, 7) is 0.844. The van der Waals surface area contributed by atoms with Crippen LogP contribution in [0.15, 0.2) is 42.5 Å². The van der Waals surface area contributed by atoms with Crippen molar-refractivity contribution in [1.82, 2.24) is 5.43 Å². The van der Waals surface area contributed by atoms with Crippen LogP contribution >= 0.6 is 0 Å². The highest BCUT2D eigenvalue weighted by molar-refractivity contribution is 5.83. The van der Waals surface area contributed by atoms with Crippen LogP contribution in [0.1, 0.15) is 24.4 Å². The van der Waals surface area contributed by atoms with Gasteiger partial charge in [-0.15, -0.1) is 0 Å². The van der Waals surface area contributed by atoms with Gasteiger partial charge in [0.15, 0.2) is 0 Å². The number of fused-ring (bicyclic) bond motifs is 1. The van der Waals surface area contributed by atoms with Crippen LogP contribution in [0, 0.1) is 0 Å². The number of nitrogens with one attached hydrogen (secondary N) is 1. The van der Waals surface area contributed by atoms with E-state index in [0.29, 0.717) is 0 Å². The van der Waals surface area contributed by atoms with Crippen molar-refractivity contribution in [2.45, 2.75) is 25.0 Å². The molecule has 3 N–H and O–H groups in total. The topological polar surface area (TPSA) is 47.3 Å². The summed E-state index contributed by atoms with van der Waals surface area (Å²) in [6.07, 6.45) is 2.38. The van der Waals surface area contributed by atoms with Crippen LogP contribution in [0.25, 0.3) is 10.8 Å². The van der Waals surface area contributed by atoms with Crippen molar-refractivity contribution in [3.8, 4) is 0 Å². The smallest absolute Gasteiger partial charge is 0.0783 e. The maximum Gasteiger partial charge on any atom is 0.0783 e. The Morgan fingerprint density at radius 2 is 2.00 bits per heavy atom. The number of hydrogen-bond acceptors (Lipinski definition) is 3. The molecular formula is C15H18N2O. The Morgan fingerprint density at radius 3 is 2.72 bits per heavy atom. The van der Waals surface area contributed by atoms with Gasteiger partial charge in [0.1, 0.15) is 0 Å². The molecule has 3 heteroatoms. The largest absolute Gasteiger partial charge is 0.376 e. The van der Waals surface area contributed by atoms with Crippen LogP contribution in [-0.4, -0.2) is 12.7 Å². The summed E-state index contributed by atoms with van der Waals surface area (Å²) in [4.78, 5) is 0. The summed E-state index contributed by atoms with van der Waals surface area (Å²) in [5.41, 5.74) is 4.10. The second kappa shape index (κ2) is 5.06. The van der Waals surface area contributed by atoms with Crippen LogP contribution in [0.5, 0.6) is 0 Å². The first-order chi connectivity index (χ1) is 8.88. The van der Waals surface area contributed by atoms with E-state index in [1.807, 2.05) is 0 Å². The third-order valence-corrected chi connectivity index (χ3v) is 3.65. The minimum atomic E-state index is 0.0807. The molecule has 0 radical (unpaired) electrons. The average molecular weight is 242 g/mol. The van der Waals surface area contributed by atoms with Crippen molar-refractivity contribution in [2.75, 3.05) is 6.61 Å². The summed E-state index contributed by atoms with van der Waals surface area (Å²) >= 11 is 0. The van der Waals surface area contributed by atoms with E-state index in [1.165, 1.54) is 16.3 Å². The summed E-state index contributed by atoms with van der Waals surface area (Å²) in [5.74, 6) is 5.70. The number of nitrogens with two attached hydrogens (primary N) is 1. The molecule has 1 fully saturated rings. The zero-order chi connectivity index (χ0) is 12.4. The van der Waals surface area contributed by atoms with Crippen molar-refractivity contribution in [3.05, 3.63) is 48.0 Å². The maximum absolute atomic E-state index is 5.73. The van der Waals surface area contributed by atoms with E-state index in [4.69, 9.17) is 10.6 Å². The minimum Gasteiger partial charge on any atom is -0.376 e. The fourth-order valence-corrected chi connectivity index (χ4v) is 2.68. The monoisotopic (exact) mass is 242 g/mol. The Labute approximate surface area is 107 Å². The highest BCUT2D eigenvalue weighted by Crippen LogP contribution is 2.28. The molecule has 0 bridgehead atoms. The van der Waals surface area contributed by atoms with Gasteiger partial charge >= 0.3 is 0 Å². The molecule has 94 valence electrons. The highest BCUT2D eigenvalue weighted by Gasteiger charge is 2.26. The number of benzene rings is 2. The zero-order valence-electron chi connectivity index (χ0n) is 10.3. The van der Waals surface area contributed by atoms with Crippen molar-refractivity contribution in [2.24, 2.45) is 5.84 Å². The van der Waals surface area contributed by atoms with Crippen LogP contribution in [-0.2, 0) is 4.74 Å². The number of ether oxygens (including phenoxy) is 1. The molecule has 2 unspecified atom stereocenters. The Balaban J connectivity index is 1.96. The predicted octanol–water partition coefficient (Wildman–Crippen LogP) is 2.52. The van der Waals surface area contributed by atoms with Gasteiger partial charge in [-0.1, -0.05) is 36.4 Å². The Kier molecular flexibility index (Phi) is 3.28. The normalized spacial score (nSPS) is 21.3. The van der Waals surface area contributed by atoms with Gasteiger partial charge in [0.05, 0.1) is 12.1 Å². The quantitative estimate of drug-likeness (QED) is 0.642. The third-order valence-electron chi connectivity index (χ3n) is 3.65. The van der Waals surface area contributed by atoms with Gasteiger partial charge in [-0.2, -0.15) is 0 Å². The molecule has 18 heavy (non-hydrogen) atoms. The van der Waals surface area contributed by atoms with E-state index in [9.17, 15) is 0 Å². The van der Waals surface area contributed by atoms with Crippen molar-refractivity contribution < 1.29 is 4.74 Å². The van der Waals surface area contributed by atoms with Gasteiger partial charge in [0, 0.05) is 6.61 Å².